The highest BCUT2D eigenvalue weighted by Crippen LogP contribution is 2.19. The normalized spacial score (nSPS) is 27.2. The van der Waals surface area contributed by atoms with Crippen LogP contribution in [-0.2, 0) is 0 Å². The van der Waals surface area contributed by atoms with Crippen LogP contribution in [0.3, 0.4) is 0 Å². The Morgan fingerprint density at radius 1 is 1.29 bits per heavy atom. The van der Waals surface area contributed by atoms with Crippen LogP contribution in [0.25, 0.3) is 0 Å². The molecule has 1 heteroatoms. The first-order valence-electron chi connectivity index (χ1n) is 6.48. The van der Waals surface area contributed by atoms with E-state index in [2.05, 4.69) is 25.7 Å². The van der Waals surface area contributed by atoms with Crippen molar-refractivity contribution in [3.63, 3.8) is 0 Å². The number of likely N-dealkylation sites (tertiary alicyclic amines) is 1. The van der Waals surface area contributed by atoms with Crippen molar-refractivity contribution in [3.8, 4) is 0 Å². The molecule has 0 aromatic rings. The van der Waals surface area contributed by atoms with Crippen LogP contribution in [-0.4, -0.2) is 24.0 Å². The van der Waals surface area contributed by atoms with E-state index in [0.717, 1.165) is 12.0 Å². The summed E-state index contributed by atoms with van der Waals surface area (Å²) in [6, 6.07) is 0.820. The van der Waals surface area contributed by atoms with Crippen molar-refractivity contribution in [1.29, 1.82) is 0 Å². The van der Waals surface area contributed by atoms with Crippen LogP contribution in [0.4, 0.5) is 0 Å². The molecule has 1 unspecified atom stereocenters. The van der Waals surface area contributed by atoms with Crippen LogP contribution in [0.1, 0.15) is 59.3 Å². The number of hydrogen-bond acceptors (Lipinski definition) is 1. The van der Waals surface area contributed by atoms with Crippen molar-refractivity contribution in [3.05, 3.63) is 0 Å². The first-order chi connectivity index (χ1) is 6.74. The molecule has 0 aliphatic carbocycles. The molecule has 0 amide bonds. The smallest absolute Gasteiger partial charge is 0.00669 e. The van der Waals surface area contributed by atoms with Gasteiger partial charge in [0.25, 0.3) is 0 Å². The minimum Gasteiger partial charge on any atom is -0.301 e. The van der Waals surface area contributed by atoms with Crippen LogP contribution in [0.2, 0.25) is 0 Å². The minimum absolute atomic E-state index is 0.820. The summed E-state index contributed by atoms with van der Waals surface area (Å²) in [5, 5.41) is 0. The van der Waals surface area contributed by atoms with Gasteiger partial charge in [-0.3, -0.25) is 0 Å². The van der Waals surface area contributed by atoms with Gasteiger partial charge in [0.1, 0.15) is 0 Å². The van der Waals surface area contributed by atoms with Crippen LogP contribution in [0.5, 0.6) is 0 Å². The molecular weight excluding hydrogens is 170 g/mol. The van der Waals surface area contributed by atoms with Gasteiger partial charge in [0, 0.05) is 6.04 Å². The molecule has 0 radical (unpaired) electrons. The Bertz CT molecular complexity index is 144. The number of nitrogens with zero attached hydrogens (tertiary/aromatic N) is 1. The van der Waals surface area contributed by atoms with E-state index < -0.39 is 0 Å². The number of rotatable bonds is 4. The summed E-state index contributed by atoms with van der Waals surface area (Å²) in [5.41, 5.74) is 0. The predicted molar refractivity (Wildman–Crippen MR) is 63.6 cm³/mol. The third-order valence-corrected chi connectivity index (χ3v) is 3.65. The summed E-state index contributed by atoms with van der Waals surface area (Å²) < 4.78 is 0. The summed E-state index contributed by atoms with van der Waals surface area (Å²) in [6.07, 6.45) is 8.40. The number of hydrogen-bond donors (Lipinski definition) is 0. The lowest BCUT2D eigenvalue weighted by molar-refractivity contribution is 0.202. The van der Waals surface area contributed by atoms with Gasteiger partial charge in [-0.15, -0.1) is 0 Å². The summed E-state index contributed by atoms with van der Waals surface area (Å²) in [5.74, 6) is 0.957. The molecule has 14 heavy (non-hydrogen) atoms. The van der Waals surface area contributed by atoms with Crippen molar-refractivity contribution >= 4 is 0 Å². The molecule has 1 saturated heterocycles. The van der Waals surface area contributed by atoms with Gasteiger partial charge in [-0.25, -0.2) is 0 Å². The molecule has 0 bridgehead atoms. The highest BCUT2D eigenvalue weighted by atomic mass is 15.1. The van der Waals surface area contributed by atoms with E-state index in [9.17, 15) is 0 Å². The van der Waals surface area contributed by atoms with Gasteiger partial charge in [0.05, 0.1) is 0 Å². The molecule has 0 saturated carbocycles. The monoisotopic (exact) mass is 197 g/mol. The maximum absolute atomic E-state index is 2.71. The summed E-state index contributed by atoms with van der Waals surface area (Å²) in [6.45, 7) is 9.78. The van der Waals surface area contributed by atoms with Gasteiger partial charge < -0.3 is 4.90 Å². The maximum Gasteiger partial charge on any atom is 0.00669 e. The van der Waals surface area contributed by atoms with Gasteiger partial charge in [0.2, 0.25) is 0 Å². The van der Waals surface area contributed by atoms with Crippen LogP contribution < -0.4 is 0 Å². The summed E-state index contributed by atoms with van der Waals surface area (Å²) in [4.78, 5) is 2.71. The van der Waals surface area contributed by atoms with Gasteiger partial charge in [-0.1, -0.05) is 26.7 Å². The van der Waals surface area contributed by atoms with Crippen LogP contribution in [0, 0.1) is 5.92 Å². The zero-order valence-electron chi connectivity index (χ0n) is 10.3. The van der Waals surface area contributed by atoms with Crippen molar-refractivity contribution in [1.82, 2.24) is 4.90 Å². The molecule has 1 aliphatic heterocycles. The highest BCUT2D eigenvalue weighted by Gasteiger charge is 2.17. The lowest BCUT2D eigenvalue weighted by Crippen LogP contribution is -2.33. The highest BCUT2D eigenvalue weighted by molar-refractivity contribution is 4.72. The Hall–Kier alpha value is -0.0400. The SMILES string of the molecule is CCCCC(C)N1CCC[C@@H](C)CC1. The second-order valence-corrected chi connectivity index (χ2v) is 5.06. The van der Waals surface area contributed by atoms with E-state index in [-0.39, 0.29) is 0 Å². The van der Waals surface area contributed by atoms with Gasteiger partial charge >= 0.3 is 0 Å². The average Bonchev–Trinajstić information content (AvgIpc) is 2.39. The minimum atomic E-state index is 0.820. The van der Waals surface area contributed by atoms with Crippen LogP contribution >= 0.6 is 0 Å². The Morgan fingerprint density at radius 2 is 2.07 bits per heavy atom. The van der Waals surface area contributed by atoms with Crippen molar-refractivity contribution < 1.29 is 0 Å². The molecule has 1 rings (SSSR count). The fourth-order valence-electron chi connectivity index (χ4n) is 2.41. The second kappa shape index (κ2) is 6.44. The van der Waals surface area contributed by atoms with Gasteiger partial charge in [-0.2, -0.15) is 0 Å². The fraction of sp³-hybridized carbons (Fsp3) is 1.00. The number of unbranched alkanes of at least 4 members (excludes halogenated alkanes) is 1. The maximum atomic E-state index is 2.71. The molecule has 1 heterocycles. The molecule has 0 aromatic carbocycles. The Balaban J connectivity index is 2.27. The second-order valence-electron chi connectivity index (χ2n) is 5.06. The van der Waals surface area contributed by atoms with E-state index >= 15 is 0 Å². The third kappa shape index (κ3) is 4.00. The predicted octanol–water partition coefficient (Wildman–Crippen LogP) is 3.69. The standard InChI is InChI=1S/C13H27N/c1-4-5-8-13(3)14-10-6-7-12(2)9-11-14/h12-13H,4-11H2,1-3H3/t12-,13?/m1/s1. The molecule has 1 aliphatic rings. The molecule has 0 N–H and O–H groups in total. The largest absolute Gasteiger partial charge is 0.301 e. The molecule has 2 atom stereocenters. The molecule has 0 aromatic heterocycles. The topological polar surface area (TPSA) is 3.24 Å². The molecular formula is C13H27N. The van der Waals surface area contributed by atoms with E-state index in [0.29, 0.717) is 0 Å². The van der Waals surface area contributed by atoms with Gasteiger partial charge in [-0.05, 0) is 51.6 Å². The molecule has 1 nitrogen and oxygen atoms in total. The van der Waals surface area contributed by atoms with E-state index in [4.69, 9.17) is 0 Å². The molecule has 0 spiro atoms. The van der Waals surface area contributed by atoms with Gasteiger partial charge in [0.15, 0.2) is 0 Å². The quantitative estimate of drug-likeness (QED) is 0.664. The van der Waals surface area contributed by atoms with Crippen molar-refractivity contribution in [2.45, 2.75) is 65.3 Å². The lowest BCUT2D eigenvalue weighted by Gasteiger charge is -2.27. The van der Waals surface area contributed by atoms with Crippen molar-refractivity contribution in [2.24, 2.45) is 5.92 Å². The van der Waals surface area contributed by atoms with E-state index in [1.165, 1.54) is 51.6 Å². The summed E-state index contributed by atoms with van der Waals surface area (Å²) >= 11 is 0. The van der Waals surface area contributed by atoms with E-state index in [1.807, 2.05) is 0 Å². The van der Waals surface area contributed by atoms with E-state index in [1.54, 1.807) is 0 Å². The summed E-state index contributed by atoms with van der Waals surface area (Å²) in [7, 11) is 0. The average molecular weight is 197 g/mol. The van der Waals surface area contributed by atoms with Crippen LogP contribution in [0.15, 0.2) is 0 Å². The Morgan fingerprint density at radius 3 is 2.79 bits per heavy atom. The first-order valence-corrected chi connectivity index (χ1v) is 6.48. The zero-order valence-corrected chi connectivity index (χ0v) is 10.3. The first kappa shape index (κ1) is 12.0. The molecule has 84 valence electrons. The Labute approximate surface area is 89.9 Å². The van der Waals surface area contributed by atoms with Crippen molar-refractivity contribution in [2.75, 3.05) is 13.1 Å². The zero-order chi connectivity index (χ0) is 10.4. The third-order valence-electron chi connectivity index (χ3n) is 3.65. The molecule has 1 fully saturated rings. The lowest BCUT2D eigenvalue weighted by atomic mass is 10.0. The fourth-order valence-corrected chi connectivity index (χ4v) is 2.41. The Kier molecular flexibility index (Phi) is 5.54.